The smallest absolute Gasteiger partial charge is 0.181 e. The first-order chi connectivity index (χ1) is 9.06. The van der Waals surface area contributed by atoms with E-state index in [1.807, 2.05) is 13.0 Å². The first kappa shape index (κ1) is 12.2. The maximum Gasteiger partial charge on any atom is 0.181 e. The third-order valence-corrected chi connectivity index (χ3v) is 4.53. The van der Waals surface area contributed by atoms with Gasteiger partial charge in [0.25, 0.3) is 0 Å². The third-order valence-electron chi connectivity index (χ3n) is 4.53. The van der Waals surface area contributed by atoms with Gasteiger partial charge in [0.15, 0.2) is 5.78 Å². The lowest BCUT2D eigenvalue weighted by atomic mass is 9.64. The zero-order valence-electron chi connectivity index (χ0n) is 11.6. The average Bonchev–Trinajstić information content (AvgIpc) is 2.43. The van der Waals surface area contributed by atoms with Crippen LogP contribution in [0.3, 0.4) is 0 Å². The molecule has 2 heteroatoms. The largest absolute Gasteiger partial charge is 0.497 e. The predicted molar refractivity (Wildman–Crippen MR) is 75.5 cm³/mol. The average molecular weight is 254 g/mol. The summed E-state index contributed by atoms with van der Waals surface area (Å²) in [5.41, 5.74) is 4.71. The molecule has 0 N–H and O–H groups in total. The van der Waals surface area contributed by atoms with Crippen LogP contribution < -0.4 is 4.74 Å². The van der Waals surface area contributed by atoms with Gasteiger partial charge >= 0.3 is 0 Å². The summed E-state index contributed by atoms with van der Waals surface area (Å²) < 4.78 is 5.30. The van der Waals surface area contributed by atoms with Crippen molar-refractivity contribution >= 4 is 5.78 Å². The molecule has 2 aliphatic rings. The van der Waals surface area contributed by atoms with Crippen LogP contribution >= 0.6 is 0 Å². The monoisotopic (exact) mass is 254 g/mol. The van der Waals surface area contributed by atoms with E-state index in [1.165, 1.54) is 16.7 Å². The van der Waals surface area contributed by atoms with Gasteiger partial charge in [0.1, 0.15) is 5.75 Å². The van der Waals surface area contributed by atoms with Crippen LogP contribution in [0, 0.1) is 0 Å². The van der Waals surface area contributed by atoms with Crippen LogP contribution in [0.1, 0.15) is 31.4 Å². The number of allylic oxidation sites excluding steroid dienone is 4. The Morgan fingerprint density at radius 1 is 1.26 bits per heavy atom. The van der Waals surface area contributed by atoms with Gasteiger partial charge in [0.05, 0.1) is 7.11 Å². The molecule has 0 saturated carbocycles. The standard InChI is InChI=1S/C17H18O2/c1-11-14-6-4-12-10-13(19-3)5-7-15(12)17(14,2)9-8-16(11)18/h5,7-10H,4,6H2,1-3H3/t17-/m0/s1. The normalized spacial score (nSPS) is 25.1. The van der Waals surface area contributed by atoms with Gasteiger partial charge in [-0.3, -0.25) is 4.79 Å². The number of benzene rings is 1. The van der Waals surface area contributed by atoms with Gasteiger partial charge in [-0.05, 0) is 67.2 Å². The molecule has 1 atom stereocenters. The van der Waals surface area contributed by atoms with Gasteiger partial charge in [0.2, 0.25) is 0 Å². The minimum atomic E-state index is -0.127. The Labute approximate surface area is 113 Å². The lowest BCUT2D eigenvalue weighted by Crippen LogP contribution is -2.32. The molecule has 0 heterocycles. The molecule has 0 radical (unpaired) electrons. The number of ether oxygens (including phenoxy) is 1. The molecule has 0 fully saturated rings. The number of hydrogen-bond acceptors (Lipinski definition) is 2. The van der Waals surface area contributed by atoms with E-state index in [0.717, 1.165) is 24.2 Å². The highest BCUT2D eigenvalue weighted by Crippen LogP contribution is 2.46. The third kappa shape index (κ3) is 1.66. The van der Waals surface area contributed by atoms with Crippen LogP contribution in [0.2, 0.25) is 0 Å². The molecule has 0 amide bonds. The van der Waals surface area contributed by atoms with Crippen LogP contribution in [0.25, 0.3) is 0 Å². The Hall–Kier alpha value is -1.83. The van der Waals surface area contributed by atoms with Gasteiger partial charge in [-0.25, -0.2) is 0 Å². The molecular formula is C17H18O2. The molecule has 0 aromatic heterocycles. The van der Waals surface area contributed by atoms with Gasteiger partial charge in [-0.1, -0.05) is 12.1 Å². The second-order valence-corrected chi connectivity index (χ2v) is 5.53. The zero-order chi connectivity index (χ0) is 13.6. The molecule has 1 aromatic rings. The molecule has 0 bridgehead atoms. The van der Waals surface area contributed by atoms with Crippen molar-refractivity contribution in [3.05, 3.63) is 52.6 Å². The van der Waals surface area contributed by atoms with Crippen LogP contribution in [-0.4, -0.2) is 12.9 Å². The number of carbonyl (C=O) groups excluding carboxylic acids is 1. The van der Waals surface area contributed by atoms with Crippen molar-refractivity contribution in [2.45, 2.75) is 32.1 Å². The van der Waals surface area contributed by atoms with Crippen LogP contribution in [0.4, 0.5) is 0 Å². The molecule has 98 valence electrons. The number of aryl methyl sites for hydroxylation is 1. The van der Waals surface area contributed by atoms with E-state index >= 15 is 0 Å². The van der Waals surface area contributed by atoms with Crippen molar-refractivity contribution in [2.24, 2.45) is 0 Å². The molecule has 2 nitrogen and oxygen atoms in total. The predicted octanol–water partition coefficient (Wildman–Crippen LogP) is 3.35. The topological polar surface area (TPSA) is 26.3 Å². The number of methoxy groups -OCH3 is 1. The van der Waals surface area contributed by atoms with Crippen LogP contribution in [-0.2, 0) is 16.6 Å². The maximum absolute atomic E-state index is 11.8. The lowest BCUT2D eigenvalue weighted by Gasteiger charge is -2.39. The molecule has 3 rings (SSSR count). The summed E-state index contributed by atoms with van der Waals surface area (Å²) in [6.07, 6.45) is 5.72. The van der Waals surface area contributed by atoms with E-state index in [0.29, 0.717) is 0 Å². The lowest BCUT2D eigenvalue weighted by molar-refractivity contribution is -0.111. The number of rotatable bonds is 1. The quantitative estimate of drug-likeness (QED) is 0.768. The van der Waals surface area contributed by atoms with E-state index < -0.39 is 0 Å². The van der Waals surface area contributed by atoms with Gasteiger partial charge in [0, 0.05) is 5.41 Å². The molecule has 0 saturated heterocycles. The maximum atomic E-state index is 11.8. The van der Waals surface area contributed by atoms with Crippen molar-refractivity contribution in [3.8, 4) is 5.75 Å². The Morgan fingerprint density at radius 3 is 2.79 bits per heavy atom. The SMILES string of the molecule is COc1ccc2c(c1)CCC1=C(C)C(=O)C=C[C@@]12C. The first-order valence-electron chi connectivity index (χ1n) is 6.67. The number of fused-ring (bicyclic) bond motifs is 3. The Morgan fingerprint density at radius 2 is 2.05 bits per heavy atom. The highest BCUT2D eigenvalue weighted by Gasteiger charge is 2.38. The van der Waals surface area contributed by atoms with Crippen molar-refractivity contribution in [1.82, 2.24) is 0 Å². The second-order valence-electron chi connectivity index (χ2n) is 5.53. The fourth-order valence-corrected chi connectivity index (χ4v) is 3.38. The minimum Gasteiger partial charge on any atom is -0.497 e. The van der Waals surface area contributed by atoms with Crippen molar-refractivity contribution in [2.75, 3.05) is 7.11 Å². The van der Waals surface area contributed by atoms with E-state index in [4.69, 9.17) is 4.74 Å². The summed E-state index contributed by atoms with van der Waals surface area (Å²) in [4.78, 5) is 11.8. The van der Waals surface area contributed by atoms with E-state index in [9.17, 15) is 4.79 Å². The number of carbonyl (C=O) groups is 1. The van der Waals surface area contributed by atoms with Gasteiger partial charge in [-0.2, -0.15) is 0 Å². The fourth-order valence-electron chi connectivity index (χ4n) is 3.38. The summed E-state index contributed by atoms with van der Waals surface area (Å²) in [6.45, 7) is 4.16. The first-order valence-corrected chi connectivity index (χ1v) is 6.67. The van der Waals surface area contributed by atoms with E-state index in [2.05, 4.69) is 25.1 Å². The van der Waals surface area contributed by atoms with E-state index in [1.54, 1.807) is 13.2 Å². The summed E-state index contributed by atoms with van der Waals surface area (Å²) >= 11 is 0. The van der Waals surface area contributed by atoms with Crippen molar-refractivity contribution in [3.63, 3.8) is 0 Å². The molecule has 0 spiro atoms. The number of ketones is 1. The van der Waals surface area contributed by atoms with Gasteiger partial charge < -0.3 is 4.74 Å². The Bertz CT molecular complexity index is 622. The number of hydrogen-bond donors (Lipinski definition) is 0. The second kappa shape index (κ2) is 4.09. The minimum absolute atomic E-state index is 0.127. The highest BCUT2D eigenvalue weighted by molar-refractivity contribution is 6.06. The molecular weight excluding hydrogens is 236 g/mol. The van der Waals surface area contributed by atoms with Gasteiger partial charge in [-0.15, -0.1) is 0 Å². The fraction of sp³-hybridized carbons (Fsp3) is 0.353. The van der Waals surface area contributed by atoms with Crippen molar-refractivity contribution in [1.29, 1.82) is 0 Å². The molecule has 1 aromatic carbocycles. The summed E-state index contributed by atoms with van der Waals surface area (Å²) in [5.74, 6) is 1.06. The Balaban J connectivity index is 2.19. The summed E-state index contributed by atoms with van der Waals surface area (Å²) in [7, 11) is 1.70. The van der Waals surface area contributed by atoms with Crippen LogP contribution in [0.5, 0.6) is 5.75 Å². The molecule has 2 aliphatic carbocycles. The molecule has 0 unspecified atom stereocenters. The molecule has 0 aliphatic heterocycles. The van der Waals surface area contributed by atoms with E-state index in [-0.39, 0.29) is 11.2 Å². The highest BCUT2D eigenvalue weighted by atomic mass is 16.5. The van der Waals surface area contributed by atoms with Crippen molar-refractivity contribution < 1.29 is 9.53 Å². The Kier molecular flexibility index (Phi) is 2.63. The summed E-state index contributed by atoms with van der Waals surface area (Å²) in [5, 5.41) is 0. The zero-order valence-corrected chi connectivity index (χ0v) is 11.6. The summed E-state index contributed by atoms with van der Waals surface area (Å²) in [6, 6.07) is 6.27. The van der Waals surface area contributed by atoms with Crippen LogP contribution in [0.15, 0.2) is 41.5 Å². The molecule has 19 heavy (non-hydrogen) atoms.